The van der Waals surface area contributed by atoms with Crippen LogP contribution in [0.2, 0.25) is 0 Å². The van der Waals surface area contributed by atoms with Gasteiger partial charge in [-0.3, -0.25) is 24.2 Å². The van der Waals surface area contributed by atoms with Crippen molar-refractivity contribution in [1.29, 1.82) is 0 Å². The molecule has 2 aromatic rings. The number of para-hydroxylation sites is 3. The maximum Gasteiger partial charge on any atom is 0.409 e. The lowest BCUT2D eigenvalue weighted by Gasteiger charge is -2.34. The zero-order valence-corrected chi connectivity index (χ0v) is 18.1. The molecule has 35 heavy (non-hydrogen) atoms. The van der Waals surface area contributed by atoms with Gasteiger partial charge in [0.2, 0.25) is 11.8 Å². The number of nitrogens with zero attached hydrogens (tertiary/aromatic N) is 2. The van der Waals surface area contributed by atoms with Crippen LogP contribution in [-0.4, -0.2) is 54.0 Å². The third-order valence-corrected chi connectivity index (χ3v) is 6.33. The summed E-state index contributed by atoms with van der Waals surface area (Å²) in [7, 11) is 0. The van der Waals surface area contributed by atoms with Crippen LogP contribution in [0, 0.1) is 0 Å². The van der Waals surface area contributed by atoms with Crippen molar-refractivity contribution in [2.24, 2.45) is 0 Å². The summed E-state index contributed by atoms with van der Waals surface area (Å²) in [5.74, 6) is -2.43. The number of urea groups is 1. The van der Waals surface area contributed by atoms with Crippen molar-refractivity contribution in [2.75, 3.05) is 23.4 Å². The number of imide groups is 1. The third kappa shape index (κ3) is 3.65. The number of alkyl halides is 3. The number of carbonyl (C=O) groups excluding carboxylic acids is 4. The summed E-state index contributed by atoms with van der Waals surface area (Å²) in [5.41, 5.74) is -1.24. The van der Waals surface area contributed by atoms with Crippen LogP contribution < -0.4 is 20.3 Å². The molecule has 0 unspecified atom stereocenters. The molecule has 12 heteroatoms. The highest BCUT2D eigenvalue weighted by molar-refractivity contribution is 6.12. The minimum Gasteiger partial charge on any atom is -0.493 e. The molecule has 3 aliphatic heterocycles. The van der Waals surface area contributed by atoms with Gasteiger partial charge in [-0.1, -0.05) is 30.3 Å². The van der Waals surface area contributed by atoms with Crippen LogP contribution in [0.3, 0.4) is 0 Å². The van der Waals surface area contributed by atoms with Gasteiger partial charge in [-0.2, -0.15) is 13.2 Å². The molecule has 3 heterocycles. The number of fused-ring (bicyclic) bond motifs is 3. The lowest BCUT2D eigenvalue weighted by atomic mass is 9.84. The first-order valence-corrected chi connectivity index (χ1v) is 10.8. The Morgan fingerprint density at radius 2 is 1.80 bits per heavy atom. The van der Waals surface area contributed by atoms with Crippen molar-refractivity contribution >= 4 is 35.1 Å². The summed E-state index contributed by atoms with van der Waals surface area (Å²) < 4.78 is 47.5. The normalized spacial score (nSPS) is 23.7. The molecule has 3 aliphatic rings. The molecule has 2 N–H and O–H groups in total. The Balaban J connectivity index is 1.50. The highest BCUT2D eigenvalue weighted by Crippen LogP contribution is 2.42. The van der Waals surface area contributed by atoms with Gasteiger partial charge in [0.1, 0.15) is 18.3 Å². The topological polar surface area (TPSA) is 108 Å². The Morgan fingerprint density at radius 1 is 1.09 bits per heavy atom. The Morgan fingerprint density at radius 3 is 2.57 bits per heavy atom. The fourth-order valence-corrected chi connectivity index (χ4v) is 4.72. The molecule has 0 aliphatic carbocycles. The molecule has 0 radical (unpaired) electrons. The van der Waals surface area contributed by atoms with Gasteiger partial charge in [-0.05, 0) is 18.2 Å². The van der Waals surface area contributed by atoms with E-state index in [-0.39, 0.29) is 24.4 Å². The zero-order valence-electron chi connectivity index (χ0n) is 18.1. The number of rotatable bonds is 2. The second-order valence-electron chi connectivity index (χ2n) is 8.41. The van der Waals surface area contributed by atoms with Crippen molar-refractivity contribution in [3.63, 3.8) is 0 Å². The molecule has 1 fully saturated rings. The molecule has 1 saturated heterocycles. The SMILES string of the molecule is O=C1C[C@H](C(F)(F)F)N(C(=O)CN2C(=O)N[C@]3(CCOc4ccccc43)C2=O)c2ccccc2N1. The molecule has 2 atom stereocenters. The van der Waals surface area contributed by atoms with Crippen molar-refractivity contribution in [1.82, 2.24) is 10.2 Å². The monoisotopic (exact) mass is 488 g/mol. The van der Waals surface area contributed by atoms with Crippen LogP contribution in [0.1, 0.15) is 18.4 Å². The molecular formula is C23H19F3N4O5. The van der Waals surface area contributed by atoms with Crippen LogP contribution >= 0.6 is 0 Å². The van der Waals surface area contributed by atoms with Gasteiger partial charge in [-0.25, -0.2) is 4.79 Å². The molecule has 0 aromatic heterocycles. The molecule has 182 valence electrons. The van der Waals surface area contributed by atoms with E-state index in [0.29, 0.717) is 21.1 Å². The van der Waals surface area contributed by atoms with E-state index in [9.17, 15) is 32.3 Å². The van der Waals surface area contributed by atoms with Gasteiger partial charge in [-0.15, -0.1) is 0 Å². The predicted octanol–water partition coefficient (Wildman–Crippen LogP) is 2.52. The molecule has 0 bridgehead atoms. The van der Waals surface area contributed by atoms with E-state index in [2.05, 4.69) is 10.6 Å². The lowest BCUT2D eigenvalue weighted by Crippen LogP contribution is -2.53. The number of benzene rings is 2. The van der Waals surface area contributed by atoms with Crippen LogP contribution in [0.4, 0.5) is 29.3 Å². The summed E-state index contributed by atoms with van der Waals surface area (Å²) in [6.45, 7) is -0.821. The molecule has 9 nitrogen and oxygen atoms in total. The maximum absolute atomic E-state index is 14.0. The zero-order chi connectivity index (χ0) is 25.0. The van der Waals surface area contributed by atoms with Crippen molar-refractivity contribution in [3.8, 4) is 5.75 Å². The smallest absolute Gasteiger partial charge is 0.409 e. The highest BCUT2D eigenvalue weighted by atomic mass is 19.4. The van der Waals surface area contributed by atoms with Gasteiger partial charge in [0.25, 0.3) is 5.91 Å². The fourth-order valence-electron chi connectivity index (χ4n) is 4.72. The summed E-state index contributed by atoms with van der Waals surface area (Å²) >= 11 is 0. The Hall–Kier alpha value is -4.09. The number of amides is 5. The van der Waals surface area contributed by atoms with Crippen LogP contribution in [0.15, 0.2) is 48.5 Å². The van der Waals surface area contributed by atoms with Gasteiger partial charge < -0.3 is 15.4 Å². The van der Waals surface area contributed by atoms with E-state index in [4.69, 9.17) is 4.74 Å². The van der Waals surface area contributed by atoms with E-state index in [1.165, 1.54) is 24.3 Å². The van der Waals surface area contributed by atoms with E-state index in [1.54, 1.807) is 24.3 Å². The molecule has 5 rings (SSSR count). The van der Waals surface area contributed by atoms with E-state index < -0.39 is 54.5 Å². The first kappa shape index (κ1) is 22.7. The average Bonchev–Trinajstić information content (AvgIpc) is 2.94. The fraction of sp³-hybridized carbons (Fsp3) is 0.304. The second-order valence-corrected chi connectivity index (χ2v) is 8.41. The number of halogens is 3. The number of anilines is 2. The summed E-state index contributed by atoms with van der Waals surface area (Å²) in [6.07, 6.45) is -5.88. The van der Waals surface area contributed by atoms with Gasteiger partial charge in [0.05, 0.1) is 24.4 Å². The molecule has 5 amide bonds. The highest BCUT2D eigenvalue weighted by Gasteiger charge is 2.56. The van der Waals surface area contributed by atoms with Crippen molar-refractivity contribution < 1.29 is 37.1 Å². The number of hydrogen-bond acceptors (Lipinski definition) is 5. The summed E-state index contributed by atoms with van der Waals surface area (Å²) in [6, 6.07) is 8.78. The van der Waals surface area contributed by atoms with Crippen LogP contribution in [0.25, 0.3) is 0 Å². The Bertz CT molecular complexity index is 1250. The standard InChI is InChI=1S/C23H19F3N4O5/c24-23(25,26)17-11-18(31)27-14-6-2-3-7-15(14)30(17)19(32)12-29-20(33)22(28-21(29)34)9-10-35-16-8-4-1-5-13(16)22/h1-8,17H,9-12H2,(H,27,31)(H,28,34)/t17-,22+/m1/s1. The van der Waals surface area contributed by atoms with E-state index in [0.717, 1.165) is 0 Å². The maximum atomic E-state index is 14.0. The van der Waals surface area contributed by atoms with Crippen LogP contribution in [0.5, 0.6) is 5.75 Å². The predicted molar refractivity (Wildman–Crippen MR) is 115 cm³/mol. The summed E-state index contributed by atoms with van der Waals surface area (Å²) in [5, 5.41) is 4.98. The lowest BCUT2D eigenvalue weighted by molar-refractivity contribution is -0.158. The number of carbonyl (C=O) groups is 4. The number of ether oxygens (including phenoxy) is 1. The molecular weight excluding hydrogens is 469 g/mol. The molecule has 2 aromatic carbocycles. The van der Waals surface area contributed by atoms with Crippen LogP contribution in [-0.2, 0) is 19.9 Å². The first-order chi connectivity index (χ1) is 16.6. The van der Waals surface area contributed by atoms with E-state index in [1.807, 2.05) is 0 Å². The Kier molecular flexibility index (Phi) is 5.18. The number of nitrogens with one attached hydrogen (secondary N) is 2. The van der Waals surface area contributed by atoms with Gasteiger partial charge in [0.15, 0.2) is 5.54 Å². The Labute approximate surface area is 196 Å². The minimum atomic E-state index is -4.94. The van der Waals surface area contributed by atoms with Gasteiger partial charge in [0, 0.05) is 12.0 Å². The second kappa shape index (κ2) is 8.00. The average molecular weight is 488 g/mol. The molecule has 0 saturated carbocycles. The van der Waals surface area contributed by atoms with Gasteiger partial charge >= 0.3 is 12.2 Å². The third-order valence-electron chi connectivity index (χ3n) is 6.33. The first-order valence-electron chi connectivity index (χ1n) is 10.8. The van der Waals surface area contributed by atoms with Crippen molar-refractivity contribution in [3.05, 3.63) is 54.1 Å². The summed E-state index contributed by atoms with van der Waals surface area (Å²) in [4.78, 5) is 52.8. The largest absolute Gasteiger partial charge is 0.493 e. The van der Waals surface area contributed by atoms with E-state index >= 15 is 0 Å². The quantitative estimate of drug-likeness (QED) is 0.632. The molecule has 1 spiro atoms. The number of hydrogen-bond donors (Lipinski definition) is 2. The minimum absolute atomic E-state index is 0.0182. The van der Waals surface area contributed by atoms with Crippen molar-refractivity contribution in [2.45, 2.75) is 30.6 Å².